The molecule has 0 aliphatic carbocycles. The molecule has 6 nitrogen and oxygen atoms in total. The highest BCUT2D eigenvalue weighted by atomic mass is 127. The molecular weight excluding hydrogens is 393 g/mol. The van der Waals surface area contributed by atoms with E-state index in [9.17, 15) is 0 Å². The van der Waals surface area contributed by atoms with E-state index >= 15 is 0 Å². The summed E-state index contributed by atoms with van der Waals surface area (Å²) < 4.78 is 7.30. The number of nitrogens with zero attached hydrogens (tertiary/aromatic N) is 3. The molecule has 2 rings (SSSR count). The number of aromatic nitrogens is 2. The SMILES string of the molecule is CCNC(=NCc1nc2cc(OC)ccc2n1C)NCC.I. The standard InChI is InChI=1S/C15H23N5O.HI/c1-5-16-15(17-6-2)18-10-14-19-12-9-11(21-4)7-8-13(12)20(14)3;/h7-9H,5-6,10H2,1-4H3,(H2,16,17,18);1H. The lowest BCUT2D eigenvalue weighted by Crippen LogP contribution is -2.37. The fraction of sp³-hybridized carbons (Fsp3) is 0.467. The first-order chi connectivity index (χ1) is 10.2. The number of fused-ring (bicyclic) bond motifs is 1. The smallest absolute Gasteiger partial charge is 0.191 e. The lowest BCUT2D eigenvalue weighted by atomic mass is 10.3. The number of imidazole rings is 1. The number of rotatable bonds is 5. The molecule has 0 aliphatic heterocycles. The highest BCUT2D eigenvalue weighted by Gasteiger charge is 2.08. The minimum absolute atomic E-state index is 0. The van der Waals surface area contributed by atoms with Gasteiger partial charge in [0.2, 0.25) is 0 Å². The molecule has 0 bridgehead atoms. The van der Waals surface area contributed by atoms with E-state index in [1.165, 1.54) is 0 Å². The maximum atomic E-state index is 5.24. The van der Waals surface area contributed by atoms with Gasteiger partial charge in [-0.15, -0.1) is 24.0 Å². The maximum Gasteiger partial charge on any atom is 0.191 e. The van der Waals surface area contributed by atoms with Crippen molar-refractivity contribution in [3.05, 3.63) is 24.0 Å². The second-order valence-corrected chi connectivity index (χ2v) is 4.67. The summed E-state index contributed by atoms with van der Waals surface area (Å²) in [4.78, 5) is 9.19. The Bertz CT molecular complexity index is 630. The summed E-state index contributed by atoms with van der Waals surface area (Å²) in [6.45, 7) is 6.31. The summed E-state index contributed by atoms with van der Waals surface area (Å²) >= 11 is 0. The zero-order chi connectivity index (χ0) is 15.2. The molecule has 0 aliphatic rings. The van der Waals surface area contributed by atoms with E-state index in [0.29, 0.717) is 6.54 Å². The fourth-order valence-electron chi connectivity index (χ4n) is 2.16. The normalized spacial score (nSPS) is 10.0. The molecule has 0 spiro atoms. The van der Waals surface area contributed by atoms with E-state index in [1.807, 2.05) is 39.1 Å². The Hall–Kier alpha value is -1.51. The van der Waals surface area contributed by atoms with Crippen molar-refractivity contribution in [3.8, 4) is 5.75 Å². The van der Waals surface area contributed by atoms with Gasteiger partial charge in [0.1, 0.15) is 18.1 Å². The van der Waals surface area contributed by atoms with Crippen molar-refractivity contribution in [2.45, 2.75) is 20.4 Å². The second kappa shape index (κ2) is 8.82. The van der Waals surface area contributed by atoms with E-state index in [0.717, 1.165) is 41.7 Å². The third kappa shape index (κ3) is 4.25. The number of hydrogen-bond acceptors (Lipinski definition) is 3. The number of benzene rings is 1. The minimum atomic E-state index is 0. The Morgan fingerprint density at radius 1 is 1.27 bits per heavy atom. The molecule has 0 atom stereocenters. The van der Waals surface area contributed by atoms with Crippen LogP contribution in [0.1, 0.15) is 19.7 Å². The molecule has 122 valence electrons. The van der Waals surface area contributed by atoms with Crippen molar-refractivity contribution in [1.29, 1.82) is 0 Å². The van der Waals surface area contributed by atoms with Crippen LogP contribution < -0.4 is 15.4 Å². The molecule has 0 saturated heterocycles. The Balaban J connectivity index is 0.00000242. The van der Waals surface area contributed by atoms with Crippen molar-refractivity contribution >= 4 is 41.0 Å². The van der Waals surface area contributed by atoms with Gasteiger partial charge in [0, 0.05) is 26.2 Å². The third-order valence-corrected chi connectivity index (χ3v) is 3.25. The van der Waals surface area contributed by atoms with Crippen LogP contribution in [0.4, 0.5) is 0 Å². The average Bonchev–Trinajstić information content (AvgIpc) is 2.81. The minimum Gasteiger partial charge on any atom is -0.497 e. The molecule has 0 saturated carbocycles. The van der Waals surface area contributed by atoms with E-state index < -0.39 is 0 Å². The van der Waals surface area contributed by atoms with Gasteiger partial charge in [-0.1, -0.05) is 0 Å². The number of guanidine groups is 1. The average molecular weight is 417 g/mol. The van der Waals surface area contributed by atoms with Gasteiger partial charge in [-0.05, 0) is 26.0 Å². The number of halogens is 1. The Morgan fingerprint density at radius 2 is 1.95 bits per heavy atom. The van der Waals surface area contributed by atoms with Crippen molar-refractivity contribution in [3.63, 3.8) is 0 Å². The van der Waals surface area contributed by atoms with E-state index in [2.05, 4.69) is 25.2 Å². The summed E-state index contributed by atoms with van der Waals surface area (Å²) in [5.41, 5.74) is 2.00. The summed E-state index contributed by atoms with van der Waals surface area (Å²) in [7, 11) is 3.67. The van der Waals surface area contributed by atoms with Crippen molar-refractivity contribution in [2.24, 2.45) is 12.0 Å². The van der Waals surface area contributed by atoms with Crippen LogP contribution in [0, 0.1) is 0 Å². The van der Waals surface area contributed by atoms with Crippen LogP contribution in [-0.2, 0) is 13.6 Å². The molecule has 1 aromatic heterocycles. The van der Waals surface area contributed by atoms with Crippen LogP contribution in [0.15, 0.2) is 23.2 Å². The summed E-state index contributed by atoms with van der Waals surface area (Å²) in [5, 5.41) is 6.41. The van der Waals surface area contributed by atoms with Crippen LogP contribution in [0.3, 0.4) is 0 Å². The summed E-state index contributed by atoms with van der Waals surface area (Å²) in [6, 6.07) is 5.90. The number of aryl methyl sites for hydroxylation is 1. The van der Waals surface area contributed by atoms with Crippen LogP contribution in [-0.4, -0.2) is 35.7 Å². The van der Waals surface area contributed by atoms with E-state index in [-0.39, 0.29) is 24.0 Å². The van der Waals surface area contributed by atoms with Gasteiger partial charge in [-0.2, -0.15) is 0 Å². The maximum absolute atomic E-state index is 5.24. The van der Waals surface area contributed by atoms with Gasteiger partial charge in [0.15, 0.2) is 5.96 Å². The number of aliphatic imine (C=N–C) groups is 1. The van der Waals surface area contributed by atoms with Crippen molar-refractivity contribution in [1.82, 2.24) is 20.2 Å². The third-order valence-electron chi connectivity index (χ3n) is 3.25. The first-order valence-corrected chi connectivity index (χ1v) is 7.21. The number of hydrogen-bond donors (Lipinski definition) is 2. The van der Waals surface area contributed by atoms with Crippen LogP contribution in [0.5, 0.6) is 5.75 Å². The fourth-order valence-corrected chi connectivity index (χ4v) is 2.16. The van der Waals surface area contributed by atoms with Gasteiger partial charge in [0.25, 0.3) is 0 Å². The molecule has 0 fully saturated rings. The van der Waals surface area contributed by atoms with Gasteiger partial charge in [-0.25, -0.2) is 9.98 Å². The Morgan fingerprint density at radius 3 is 2.55 bits per heavy atom. The molecule has 0 amide bonds. The molecular formula is C15H24IN5O. The Kier molecular flexibility index (Phi) is 7.43. The van der Waals surface area contributed by atoms with Crippen LogP contribution in [0.2, 0.25) is 0 Å². The number of methoxy groups -OCH3 is 1. The van der Waals surface area contributed by atoms with Crippen LogP contribution >= 0.6 is 24.0 Å². The predicted molar refractivity (Wildman–Crippen MR) is 101 cm³/mol. The second-order valence-electron chi connectivity index (χ2n) is 4.67. The largest absolute Gasteiger partial charge is 0.497 e. The first-order valence-electron chi connectivity index (χ1n) is 7.21. The summed E-state index contributed by atoms with van der Waals surface area (Å²) in [5.74, 6) is 2.55. The Labute approximate surface area is 148 Å². The number of nitrogens with one attached hydrogen (secondary N) is 2. The highest BCUT2D eigenvalue weighted by Crippen LogP contribution is 2.21. The van der Waals surface area contributed by atoms with Crippen molar-refractivity contribution in [2.75, 3.05) is 20.2 Å². The quantitative estimate of drug-likeness (QED) is 0.445. The monoisotopic (exact) mass is 417 g/mol. The lowest BCUT2D eigenvalue weighted by Gasteiger charge is -2.08. The first kappa shape index (κ1) is 18.5. The van der Waals surface area contributed by atoms with E-state index in [4.69, 9.17) is 4.74 Å². The molecule has 0 radical (unpaired) electrons. The van der Waals surface area contributed by atoms with Gasteiger partial charge in [-0.3, -0.25) is 0 Å². The number of ether oxygens (including phenoxy) is 1. The van der Waals surface area contributed by atoms with E-state index in [1.54, 1.807) is 7.11 Å². The molecule has 1 aromatic carbocycles. The highest BCUT2D eigenvalue weighted by molar-refractivity contribution is 14.0. The molecule has 2 aromatic rings. The molecule has 22 heavy (non-hydrogen) atoms. The molecule has 7 heteroatoms. The van der Waals surface area contributed by atoms with Gasteiger partial charge in [0.05, 0.1) is 18.1 Å². The predicted octanol–water partition coefficient (Wildman–Crippen LogP) is 2.27. The lowest BCUT2D eigenvalue weighted by molar-refractivity contribution is 0.415. The topological polar surface area (TPSA) is 63.5 Å². The molecule has 1 heterocycles. The molecule has 0 unspecified atom stereocenters. The van der Waals surface area contributed by atoms with Gasteiger partial charge >= 0.3 is 0 Å². The summed E-state index contributed by atoms with van der Waals surface area (Å²) in [6.07, 6.45) is 0. The zero-order valence-corrected chi connectivity index (χ0v) is 15.8. The van der Waals surface area contributed by atoms with Crippen molar-refractivity contribution < 1.29 is 4.74 Å². The van der Waals surface area contributed by atoms with Gasteiger partial charge < -0.3 is 19.9 Å². The molecule has 2 N–H and O–H groups in total. The zero-order valence-electron chi connectivity index (χ0n) is 13.5. The van der Waals surface area contributed by atoms with Crippen LogP contribution in [0.25, 0.3) is 11.0 Å².